The van der Waals surface area contributed by atoms with Gasteiger partial charge in [-0.3, -0.25) is 15.1 Å². The number of nitrogens with zero attached hydrogens (tertiary/aromatic N) is 2. The molecule has 0 radical (unpaired) electrons. The third-order valence-electron chi connectivity index (χ3n) is 2.39. The Morgan fingerprint density at radius 3 is 2.53 bits per heavy atom. The van der Waals surface area contributed by atoms with E-state index in [1.807, 2.05) is 4.68 Å². The quantitative estimate of drug-likeness (QED) is 0.815. The monoisotopic (exact) mass is 272 g/mol. The van der Waals surface area contributed by atoms with E-state index < -0.39 is 0 Å². The van der Waals surface area contributed by atoms with Crippen LogP contribution >= 0.6 is 17.0 Å². The van der Waals surface area contributed by atoms with E-state index >= 15 is 0 Å². The van der Waals surface area contributed by atoms with E-state index in [9.17, 15) is 0 Å². The molecule has 0 atom stereocenters. The van der Waals surface area contributed by atoms with Gasteiger partial charge in [-0.1, -0.05) is 0 Å². The molecule has 1 aliphatic rings. The van der Waals surface area contributed by atoms with Gasteiger partial charge in [-0.25, -0.2) is 0 Å². The van der Waals surface area contributed by atoms with Crippen LogP contribution in [0.4, 0.5) is 0 Å². The van der Waals surface area contributed by atoms with E-state index in [4.69, 9.17) is 0 Å². The summed E-state index contributed by atoms with van der Waals surface area (Å²) in [5.74, 6) is 0.874. The van der Waals surface area contributed by atoms with Crippen molar-refractivity contribution in [3.8, 4) is 0 Å². The molecule has 0 fully saturated rings. The predicted octanol–water partition coefficient (Wildman–Crippen LogP) is 1.58. The highest BCUT2D eigenvalue weighted by Gasteiger charge is 2.06. The second-order valence-corrected chi connectivity index (χ2v) is 3.57. The maximum absolute atomic E-state index is 4.36. The van der Waals surface area contributed by atoms with E-state index in [1.54, 1.807) is 0 Å². The fourth-order valence-electron chi connectivity index (χ4n) is 1.56. The van der Waals surface area contributed by atoms with E-state index in [1.165, 1.54) is 11.4 Å². The van der Waals surface area contributed by atoms with Crippen LogP contribution in [-0.2, 0) is 0 Å². The van der Waals surface area contributed by atoms with Crippen LogP contribution in [0.1, 0.15) is 17.8 Å². The Balaban J connectivity index is 0.00000112. The molecule has 84 valence electrons. The van der Waals surface area contributed by atoms with Gasteiger partial charge in [0.05, 0.1) is 0 Å². The van der Waals surface area contributed by atoms with Crippen molar-refractivity contribution < 1.29 is 0 Å². The number of hydrogen-bond acceptors (Lipinski definition) is 3. The molecular formula is C10H17BrN4. The van der Waals surface area contributed by atoms with Crippen molar-refractivity contribution in [3.63, 3.8) is 0 Å². The summed E-state index contributed by atoms with van der Waals surface area (Å²) >= 11 is 0. The summed E-state index contributed by atoms with van der Waals surface area (Å²) in [7, 11) is 0. The molecule has 0 aromatic carbocycles. The van der Waals surface area contributed by atoms with Gasteiger partial charge in [0.15, 0.2) is 0 Å². The molecule has 1 aromatic heterocycles. The van der Waals surface area contributed by atoms with Crippen molar-refractivity contribution in [1.82, 2.24) is 9.99 Å². The first kappa shape index (κ1) is 12.1. The average molecular weight is 273 g/mol. The highest BCUT2D eigenvalue weighted by atomic mass is 79.9. The number of aliphatic imine (C=N–C) groups is 1. The molecule has 1 aromatic rings. The fraction of sp³-hybridized carbons (Fsp3) is 0.500. The number of hydrogen-bond donors (Lipinski definition) is 2. The number of guanidine groups is 1. The number of nitrogens with one attached hydrogen (secondary N) is 2. The van der Waals surface area contributed by atoms with Crippen molar-refractivity contribution in [2.75, 3.05) is 18.5 Å². The van der Waals surface area contributed by atoms with Gasteiger partial charge in [-0.2, -0.15) is 0 Å². The Labute approximate surface area is 101 Å². The van der Waals surface area contributed by atoms with Crippen LogP contribution in [0, 0.1) is 13.8 Å². The van der Waals surface area contributed by atoms with Crippen LogP contribution in [0.3, 0.4) is 0 Å². The van der Waals surface area contributed by atoms with Gasteiger partial charge >= 0.3 is 0 Å². The lowest BCUT2D eigenvalue weighted by molar-refractivity contribution is 0.724. The molecule has 5 heteroatoms. The summed E-state index contributed by atoms with van der Waals surface area (Å²) in [5.41, 5.74) is 5.64. The minimum Gasteiger partial charge on any atom is -0.355 e. The Hall–Kier alpha value is -0.970. The molecular weight excluding hydrogens is 256 g/mol. The smallest absolute Gasteiger partial charge is 0.210 e. The summed E-state index contributed by atoms with van der Waals surface area (Å²) in [6.45, 7) is 6.06. The first-order valence-electron chi connectivity index (χ1n) is 4.97. The molecule has 0 saturated heterocycles. The molecule has 0 bridgehead atoms. The molecule has 15 heavy (non-hydrogen) atoms. The molecule has 0 spiro atoms. The summed E-state index contributed by atoms with van der Waals surface area (Å²) < 4.78 is 2.04. The summed E-state index contributed by atoms with van der Waals surface area (Å²) in [4.78, 5) is 4.36. The molecule has 4 nitrogen and oxygen atoms in total. The normalized spacial score (nSPS) is 14.9. The molecule has 0 saturated carbocycles. The van der Waals surface area contributed by atoms with Crippen LogP contribution in [0.5, 0.6) is 0 Å². The Morgan fingerprint density at radius 1 is 1.33 bits per heavy atom. The highest BCUT2D eigenvalue weighted by Crippen LogP contribution is 2.04. The van der Waals surface area contributed by atoms with E-state index in [-0.39, 0.29) is 17.0 Å². The van der Waals surface area contributed by atoms with Gasteiger partial charge in [0, 0.05) is 24.5 Å². The second-order valence-electron chi connectivity index (χ2n) is 3.57. The van der Waals surface area contributed by atoms with Gasteiger partial charge in [0.1, 0.15) is 0 Å². The summed E-state index contributed by atoms with van der Waals surface area (Å²) in [6.07, 6.45) is 1.12. The minimum absolute atomic E-state index is 0. The molecule has 0 amide bonds. The molecule has 2 N–H and O–H groups in total. The molecule has 0 unspecified atom stereocenters. The Bertz CT molecular complexity index is 337. The van der Waals surface area contributed by atoms with Crippen molar-refractivity contribution in [2.45, 2.75) is 20.3 Å². The lowest BCUT2D eigenvalue weighted by Crippen LogP contribution is -2.39. The van der Waals surface area contributed by atoms with Crippen LogP contribution in [0.15, 0.2) is 17.1 Å². The molecule has 0 aliphatic carbocycles. The number of halogens is 1. The van der Waals surface area contributed by atoms with Gasteiger partial charge < -0.3 is 5.32 Å². The van der Waals surface area contributed by atoms with Crippen molar-refractivity contribution in [2.24, 2.45) is 4.99 Å². The first-order valence-corrected chi connectivity index (χ1v) is 4.97. The standard InChI is InChI=1S/C10H16N4.BrH/c1-8-4-5-9(2)14(8)13-10-11-6-3-7-12-10;/h4-5H,3,6-7H2,1-2H3,(H2,11,12,13);1H. The van der Waals surface area contributed by atoms with Crippen LogP contribution < -0.4 is 10.7 Å². The largest absolute Gasteiger partial charge is 0.355 e. The zero-order valence-corrected chi connectivity index (χ0v) is 10.8. The Kier molecular flexibility index (Phi) is 4.20. The third-order valence-corrected chi connectivity index (χ3v) is 2.39. The predicted molar refractivity (Wildman–Crippen MR) is 68.5 cm³/mol. The van der Waals surface area contributed by atoms with E-state index in [2.05, 4.69) is 41.7 Å². The van der Waals surface area contributed by atoms with Gasteiger partial charge in [-0.15, -0.1) is 17.0 Å². The summed E-state index contributed by atoms with van der Waals surface area (Å²) in [6, 6.07) is 4.18. The zero-order valence-electron chi connectivity index (χ0n) is 9.08. The maximum atomic E-state index is 4.36. The summed E-state index contributed by atoms with van der Waals surface area (Å²) in [5, 5.41) is 3.23. The first-order chi connectivity index (χ1) is 6.77. The van der Waals surface area contributed by atoms with Crippen molar-refractivity contribution in [3.05, 3.63) is 23.5 Å². The highest BCUT2D eigenvalue weighted by molar-refractivity contribution is 8.93. The minimum atomic E-state index is 0. The van der Waals surface area contributed by atoms with E-state index in [0.29, 0.717) is 0 Å². The van der Waals surface area contributed by atoms with Gasteiger partial charge in [0.25, 0.3) is 0 Å². The van der Waals surface area contributed by atoms with Gasteiger partial charge in [0.2, 0.25) is 5.96 Å². The zero-order chi connectivity index (χ0) is 9.97. The van der Waals surface area contributed by atoms with Gasteiger partial charge in [-0.05, 0) is 32.4 Å². The van der Waals surface area contributed by atoms with E-state index in [0.717, 1.165) is 25.5 Å². The average Bonchev–Trinajstić information content (AvgIpc) is 2.51. The van der Waals surface area contributed by atoms with Crippen molar-refractivity contribution in [1.29, 1.82) is 0 Å². The molecule has 1 aliphatic heterocycles. The second kappa shape index (κ2) is 5.21. The SMILES string of the molecule is Br.Cc1ccc(C)n1NC1=NCCCN1. The number of aromatic nitrogens is 1. The Morgan fingerprint density at radius 2 is 2.00 bits per heavy atom. The third kappa shape index (κ3) is 2.75. The maximum Gasteiger partial charge on any atom is 0.210 e. The number of aryl methyl sites for hydroxylation is 2. The topological polar surface area (TPSA) is 41.4 Å². The lowest BCUT2D eigenvalue weighted by Gasteiger charge is -2.18. The molecule has 2 rings (SSSR count). The number of rotatable bonds is 1. The van der Waals surface area contributed by atoms with Crippen LogP contribution in [-0.4, -0.2) is 23.7 Å². The lowest BCUT2D eigenvalue weighted by atomic mass is 10.4. The van der Waals surface area contributed by atoms with Crippen LogP contribution in [0.25, 0.3) is 0 Å². The van der Waals surface area contributed by atoms with Crippen LogP contribution in [0.2, 0.25) is 0 Å². The fourth-order valence-corrected chi connectivity index (χ4v) is 1.56. The van der Waals surface area contributed by atoms with Crippen molar-refractivity contribution >= 4 is 22.9 Å². The molecule has 2 heterocycles.